The summed E-state index contributed by atoms with van der Waals surface area (Å²) < 4.78 is 0. The Balaban J connectivity index is 1.56. The predicted octanol–water partition coefficient (Wildman–Crippen LogP) is 5.06. The Morgan fingerprint density at radius 3 is 2.71 bits per heavy atom. The Hall–Kier alpha value is -4.22. The van der Waals surface area contributed by atoms with Crippen LogP contribution in [0.1, 0.15) is 18.4 Å². The van der Waals surface area contributed by atoms with Crippen molar-refractivity contribution in [1.29, 1.82) is 5.26 Å². The van der Waals surface area contributed by atoms with E-state index in [0.717, 1.165) is 17.5 Å². The SMILES string of the molecule is N#Cc1ccc(-c2cc(-c3ccccc3O)nc(N3CCC[C@H]3C(=O)Nc3nccs3)c2)cc1. The van der Waals surface area contributed by atoms with Gasteiger partial charge in [0, 0.05) is 23.7 Å². The molecule has 2 N–H and O–H groups in total. The van der Waals surface area contributed by atoms with Crippen LogP contribution in [0.2, 0.25) is 0 Å². The van der Waals surface area contributed by atoms with E-state index in [1.165, 1.54) is 11.3 Å². The topological polar surface area (TPSA) is 102 Å². The lowest BCUT2D eigenvalue weighted by Crippen LogP contribution is -2.40. The highest BCUT2D eigenvalue weighted by molar-refractivity contribution is 7.13. The fourth-order valence-electron chi connectivity index (χ4n) is 4.18. The fourth-order valence-corrected chi connectivity index (χ4v) is 4.71. The van der Waals surface area contributed by atoms with E-state index >= 15 is 0 Å². The maximum absolute atomic E-state index is 13.0. The van der Waals surface area contributed by atoms with Gasteiger partial charge in [-0.2, -0.15) is 5.26 Å². The van der Waals surface area contributed by atoms with Crippen LogP contribution in [-0.2, 0) is 4.79 Å². The summed E-state index contributed by atoms with van der Waals surface area (Å²) in [5.41, 5.74) is 3.61. The molecule has 0 unspecified atom stereocenters. The third kappa shape index (κ3) is 4.34. The van der Waals surface area contributed by atoms with Crippen LogP contribution >= 0.6 is 11.3 Å². The summed E-state index contributed by atoms with van der Waals surface area (Å²) >= 11 is 1.38. The smallest absolute Gasteiger partial charge is 0.248 e. The van der Waals surface area contributed by atoms with Gasteiger partial charge in [0.15, 0.2) is 5.13 Å². The van der Waals surface area contributed by atoms with Gasteiger partial charge in [-0.05, 0) is 60.4 Å². The molecule has 0 bridgehead atoms. The molecule has 2 aromatic heterocycles. The Labute approximate surface area is 201 Å². The van der Waals surface area contributed by atoms with Crippen LogP contribution in [-0.4, -0.2) is 33.6 Å². The van der Waals surface area contributed by atoms with Gasteiger partial charge in [0.05, 0.1) is 17.3 Å². The second-order valence-corrected chi connectivity index (χ2v) is 8.88. The number of carbonyl (C=O) groups is 1. The second kappa shape index (κ2) is 9.33. The molecule has 7 nitrogen and oxygen atoms in total. The molecule has 1 aliphatic heterocycles. The van der Waals surface area contributed by atoms with Gasteiger partial charge in [-0.15, -0.1) is 11.3 Å². The normalized spacial score (nSPS) is 15.1. The maximum atomic E-state index is 13.0. The number of nitrogens with zero attached hydrogens (tertiary/aromatic N) is 4. The van der Waals surface area contributed by atoms with Crippen molar-refractivity contribution < 1.29 is 9.90 Å². The van der Waals surface area contributed by atoms with Crippen LogP contribution in [0.15, 0.2) is 72.2 Å². The Kier molecular flexibility index (Phi) is 5.93. The molecule has 1 fully saturated rings. The van der Waals surface area contributed by atoms with Gasteiger partial charge < -0.3 is 15.3 Å². The molecule has 4 aromatic rings. The first-order valence-corrected chi connectivity index (χ1v) is 11.8. The van der Waals surface area contributed by atoms with E-state index in [1.807, 2.05) is 46.7 Å². The van der Waals surface area contributed by atoms with E-state index in [2.05, 4.69) is 16.4 Å². The summed E-state index contributed by atoms with van der Waals surface area (Å²) in [6, 6.07) is 20.0. The number of amides is 1. The van der Waals surface area contributed by atoms with Gasteiger partial charge in [-0.3, -0.25) is 4.79 Å². The van der Waals surface area contributed by atoms with Crippen LogP contribution in [0.4, 0.5) is 10.9 Å². The number of thiazole rings is 1. The highest BCUT2D eigenvalue weighted by Crippen LogP contribution is 2.35. The van der Waals surface area contributed by atoms with Crippen molar-refractivity contribution in [2.75, 3.05) is 16.8 Å². The van der Waals surface area contributed by atoms with Crippen LogP contribution in [0.5, 0.6) is 5.75 Å². The van der Waals surface area contributed by atoms with Crippen molar-refractivity contribution in [2.24, 2.45) is 0 Å². The molecule has 1 amide bonds. The van der Waals surface area contributed by atoms with Crippen LogP contribution in [0.25, 0.3) is 22.4 Å². The highest BCUT2D eigenvalue weighted by Gasteiger charge is 2.32. The summed E-state index contributed by atoms with van der Waals surface area (Å²) in [6.45, 7) is 0.694. The molecule has 1 atom stereocenters. The van der Waals surface area contributed by atoms with Crippen molar-refractivity contribution in [3.05, 3.63) is 77.8 Å². The zero-order chi connectivity index (χ0) is 23.5. The number of carbonyl (C=O) groups excluding carboxylic acids is 1. The first-order chi connectivity index (χ1) is 16.6. The molecule has 0 aliphatic carbocycles. The number of pyridine rings is 1. The number of hydrogen-bond donors (Lipinski definition) is 2. The zero-order valence-corrected chi connectivity index (χ0v) is 19.0. The molecule has 1 saturated heterocycles. The first-order valence-electron chi connectivity index (χ1n) is 10.9. The minimum Gasteiger partial charge on any atom is -0.507 e. The number of phenolic OH excluding ortho intramolecular Hbond substituents is 1. The number of rotatable bonds is 5. The van der Waals surface area contributed by atoms with Crippen LogP contribution in [0, 0.1) is 11.3 Å². The van der Waals surface area contributed by atoms with Crippen molar-refractivity contribution in [2.45, 2.75) is 18.9 Å². The summed E-state index contributed by atoms with van der Waals surface area (Å²) in [6.07, 6.45) is 3.24. The third-order valence-electron chi connectivity index (χ3n) is 5.85. The van der Waals surface area contributed by atoms with Crippen molar-refractivity contribution in [1.82, 2.24) is 9.97 Å². The summed E-state index contributed by atoms with van der Waals surface area (Å²) in [4.78, 5) is 24.1. The molecule has 8 heteroatoms. The molecule has 2 aromatic carbocycles. The highest BCUT2D eigenvalue weighted by atomic mass is 32.1. The molecular weight excluding hydrogens is 446 g/mol. The molecule has 168 valence electrons. The number of nitriles is 1. The Bertz CT molecular complexity index is 1360. The number of aromatic nitrogens is 2. The lowest BCUT2D eigenvalue weighted by atomic mass is 10.0. The molecular formula is C26H21N5O2S. The number of para-hydroxylation sites is 1. The molecule has 1 aliphatic rings. The van der Waals surface area contributed by atoms with Gasteiger partial charge in [-0.1, -0.05) is 24.3 Å². The number of benzene rings is 2. The quantitative estimate of drug-likeness (QED) is 0.426. The average molecular weight is 468 g/mol. The number of hydrogen-bond acceptors (Lipinski definition) is 7. The molecule has 34 heavy (non-hydrogen) atoms. The molecule has 0 saturated carbocycles. The van der Waals surface area contributed by atoms with E-state index in [9.17, 15) is 9.90 Å². The van der Waals surface area contributed by atoms with Gasteiger partial charge in [0.2, 0.25) is 5.91 Å². The lowest BCUT2D eigenvalue weighted by molar-refractivity contribution is -0.117. The zero-order valence-electron chi connectivity index (χ0n) is 18.2. The fraction of sp³-hybridized carbons (Fsp3) is 0.154. The lowest BCUT2D eigenvalue weighted by Gasteiger charge is -2.26. The summed E-state index contributed by atoms with van der Waals surface area (Å²) in [5, 5.41) is 24.9. The summed E-state index contributed by atoms with van der Waals surface area (Å²) in [7, 11) is 0. The standard InChI is InChI=1S/C26H21N5O2S/c27-16-17-7-9-18(10-8-17)19-14-21(20-4-1-2-6-23(20)32)29-24(15-19)31-12-3-5-22(31)25(33)30-26-28-11-13-34-26/h1-2,4,6-11,13-15,22,32H,3,5,12H2,(H,28,30,33)/t22-/m0/s1. The maximum Gasteiger partial charge on any atom is 0.248 e. The van der Waals surface area contributed by atoms with Gasteiger partial charge in [0.1, 0.15) is 17.6 Å². The van der Waals surface area contributed by atoms with Gasteiger partial charge >= 0.3 is 0 Å². The molecule has 0 spiro atoms. The van der Waals surface area contributed by atoms with Crippen molar-refractivity contribution >= 4 is 28.2 Å². The molecule has 3 heterocycles. The second-order valence-electron chi connectivity index (χ2n) is 7.98. The minimum absolute atomic E-state index is 0.109. The number of anilines is 2. The third-order valence-corrected chi connectivity index (χ3v) is 6.54. The van der Waals surface area contributed by atoms with Gasteiger partial charge in [0.25, 0.3) is 0 Å². The van der Waals surface area contributed by atoms with Crippen LogP contribution in [0.3, 0.4) is 0 Å². The average Bonchev–Trinajstić information content (AvgIpc) is 3.56. The van der Waals surface area contributed by atoms with Crippen molar-refractivity contribution in [3.8, 4) is 34.2 Å². The summed E-state index contributed by atoms with van der Waals surface area (Å²) in [5.74, 6) is 0.691. The first kappa shape index (κ1) is 21.6. The van der Waals surface area contributed by atoms with E-state index in [4.69, 9.17) is 10.2 Å². The van der Waals surface area contributed by atoms with E-state index in [-0.39, 0.29) is 17.7 Å². The Morgan fingerprint density at radius 2 is 1.97 bits per heavy atom. The minimum atomic E-state index is -0.371. The molecule has 5 rings (SSSR count). The van der Waals surface area contributed by atoms with E-state index < -0.39 is 0 Å². The number of aromatic hydroxyl groups is 1. The van der Waals surface area contributed by atoms with E-state index in [0.29, 0.717) is 40.7 Å². The monoisotopic (exact) mass is 467 g/mol. The molecule has 0 radical (unpaired) electrons. The largest absolute Gasteiger partial charge is 0.507 e. The Morgan fingerprint density at radius 1 is 1.15 bits per heavy atom. The number of phenols is 1. The predicted molar refractivity (Wildman–Crippen MR) is 133 cm³/mol. The van der Waals surface area contributed by atoms with Crippen molar-refractivity contribution in [3.63, 3.8) is 0 Å². The number of nitrogens with one attached hydrogen (secondary N) is 1. The van der Waals surface area contributed by atoms with E-state index in [1.54, 1.807) is 30.5 Å². The van der Waals surface area contributed by atoms with Gasteiger partial charge in [-0.25, -0.2) is 9.97 Å². The van der Waals surface area contributed by atoms with Crippen LogP contribution < -0.4 is 10.2 Å².